The fourth-order valence-electron chi connectivity index (χ4n) is 2.06. The van der Waals surface area contributed by atoms with Gasteiger partial charge in [0.1, 0.15) is 24.7 Å². The van der Waals surface area contributed by atoms with E-state index >= 15 is 0 Å². The van der Waals surface area contributed by atoms with Crippen LogP contribution in [-0.4, -0.2) is 53.7 Å². The van der Waals surface area contributed by atoms with E-state index in [9.17, 15) is 19.2 Å². The number of carbonyl (C=O) groups is 4. The average Bonchev–Trinajstić information content (AvgIpc) is 2.56. The molecule has 1 aromatic rings. The minimum absolute atomic E-state index is 0.171. The standard InChI is InChI=1S/C18H25N3O6/c1-18(2,3)27-17(26)20-10-14(22)21-13(16(25)19-11-15(23)24)9-12-7-5-4-6-8-12/h4-8,13H,9-11H2,1-3H3,(H,19,25)(H,20,26)(H,21,22)(H,23,24)/t13-/m1/s1. The van der Waals surface area contributed by atoms with Gasteiger partial charge in [0.05, 0.1) is 0 Å². The Bertz CT molecular complexity index is 669. The van der Waals surface area contributed by atoms with Gasteiger partial charge in [0, 0.05) is 6.42 Å². The van der Waals surface area contributed by atoms with Crippen molar-refractivity contribution in [3.8, 4) is 0 Å². The van der Waals surface area contributed by atoms with Crippen molar-refractivity contribution in [2.45, 2.75) is 38.8 Å². The number of aliphatic carboxylic acids is 1. The molecular formula is C18H25N3O6. The lowest BCUT2D eigenvalue weighted by Gasteiger charge is -2.21. The van der Waals surface area contributed by atoms with E-state index in [1.165, 1.54) is 0 Å². The number of ether oxygens (including phenoxy) is 1. The van der Waals surface area contributed by atoms with Crippen molar-refractivity contribution in [1.29, 1.82) is 0 Å². The van der Waals surface area contributed by atoms with Gasteiger partial charge in [-0.1, -0.05) is 30.3 Å². The van der Waals surface area contributed by atoms with Crippen molar-refractivity contribution in [3.05, 3.63) is 35.9 Å². The number of carboxylic acids is 1. The fourth-order valence-corrected chi connectivity index (χ4v) is 2.06. The molecule has 0 fully saturated rings. The van der Waals surface area contributed by atoms with E-state index in [-0.39, 0.29) is 13.0 Å². The number of alkyl carbamates (subject to hydrolysis) is 1. The smallest absolute Gasteiger partial charge is 0.408 e. The van der Waals surface area contributed by atoms with Crippen LogP contribution in [0.25, 0.3) is 0 Å². The van der Waals surface area contributed by atoms with Crippen molar-refractivity contribution in [1.82, 2.24) is 16.0 Å². The average molecular weight is 379 g/mol. The number of rotatable bonds is 8. The summed E-state index contributed by atoms with van der Waals surface area (Å²) in [6, 6.07) is 7.96. The van der Waals surface area contributed by atoms with Crippen molar-refractivity contribution in [2.24, 2.45) is 0 Å². The van der Waals surface area contributed by atoms with Gasteiger partial charge in [0.15, 0.2) is 0 Å². The molecule has 0 saturated heterocycles. The first-order chi connectivity index (χ1) is 12.6. The highest BCUT2D eigenvalue weighted by atomic mass is 16.6. The highest BCUT2D eigenvalue weighted by molar-refractivity contribution is 5.91. The van der Waals surface area contributed by atoms with Gasteiger partial charge in [-0.3, -0.25) is 14.4 Å². The van der Waals surface area contributed by atoms with Gasteiger partial charge in [-0.15, -0.1) is 0 Å². The number of benzene rings is 1. The van der Waals surface area contributed by atoms with E-state index in [0.29, 0.717) is 0 Å². The zero-order valence-corrected chi connectivity index (χ0v) is 15.6. The molecule has 0 heterocycles. The summed E-state index contributed by atoms with van der Waals surface area (Å²) < 4.78 is 5.03. The molecular weight excluding hydrogens is 354 g/mol. The summed E-state index contributed by atoms with van der Waals surface area (Å²) in [5.41, 5.74) is 0.0843. The number of nitrogens with one attached hydrogen (secondary N) is 3. The molecule has 9 nitrogen and oxygen atoms in total. The highest BCUT2D eigenvalue weighted by Crippen LogP contribution is 2.06. The zero-order chi connectivity index (χ0) is 20.4. The van der Waals surface area contributed by atoms with Crippen LogP contribution in [-0.2, 0) is 25.5 Å². The topological polar surface area (TPSA) is 134 Å². The molecule has 9 heteroatoms. The van der Waals surface area contributed by atoms with Crippen LogP contribution in [0.1, 0.15) is 26.3 Å². The molecule has 0 aromatic heterocycles. The van der Waals surface area contributed by atoms with E-state index in [1.54, 1.807) is 45.0 Å². The summed E-state index contributed by atoms with van der Waals surface area (Å²) in [4.78, 5) is 46.5. The third-order valence-electron chi connectivity index (χ3n) is 3.14. The molecule has 1 atom stereocenters. The zero-order valence-electron chi connectivity index (χ0n) is 15.6. The van der Waals surface area contributed by atoms with Gasteiger partial charge >= 0.3 is 12.1 Å². The second-order valence-corrected chi connectivity index (χ2v) is 6.78. The molecule has 1 rings (SSSR count). The predicted molar refractivity (Wildman–Crippen MR) is 97.0 cm³/mol. The number of amides is 3. The largest absolute Gasteiger partial charge is 0.480 e. The first-order valence-electron chi connectivity index (χ1n) is 8.36. The second-order valence-electron chi connectivity index (χ2n) is 6.78. The first kappa shape index (κ1) is 21.9. The lowest BCUT2D eigenvalue weighted by atomic mass is 10.1. The van der Waals surface area contributed by atoms with Crippen LogP contribution in [0.3, 0.4) is 0 Å². The Kier molecular flexibility index (Phi) is 8.25. The van der Waals surface area contributed by atoms with Crippen molar-refractivity contribution in [2.75, 3.05) is 13.1 Å². The Morgan fingerprint density at radius 3 is 2.22 bits per heavy atom. The third-order valence-corrected chi connectivity index (χ3v) is 3.14. The highest BCUT2D eigenvalue weighted by Gasteiger charge is 2.22. The summed E-state index contributed by atoms with van der Waals surface area (Å²) in [5, 5.41) is 15.7. The minimum atomic E-state index is -1.19. The summed E-state index contributed by atoms with van der Waals surface area (Å²) in [7, 11) is 0. The van der Waals surface area contributed by atoms with Crippen molar-refractivity contribution < 1.29 is 29.0 Å². The van der Waals surface area contributed by atoms with Gasteiger partial charge in [-0.05, 0) is 26.3 Å². The van der Waals surface area contributed by atoms with Crippen LogP contribution in [0, 0.1) is 0 Å². The molecule has 148 valence electrons. The van der Waals surface area contributed by atoms with Gasteiger partial charge in [0.25, 0.3) is 0 Å². The SMILES string of the molecule is CC(C)(C)OC(=O)NCC(=O)N[C@H](Cc1ccccc1)C(=O)NCC(=O)O. The number of hydrogen-bond donors (Lipinski definition) is 4. The predicted octanol–water partition coefficient (Wildman–Crippen LogP) is 0.439. The number of hydrogen-bond acceptors (Lipinski definition) is 5. The molecule has 0 aliphatic carbocycles. The molecule has 4 N–H and O–H groups in total. The monoisotopic (exact) mass is 379 g/mol. The van der Waals surface area contributed by atoms with E-state index in [1.807, 2.05) is 6.07 Å². The Labute approximate surface area is 157 Å². The van der Waals surface area contributed by atoms with Crippen molar-refractivity contribution in [3.63, 3.8) is 0 Å². The van der Waals surface area contributed by atoms with E-state index in [4.69, 9.17) is 9.84 Å². The van der Waals surface area contributed by atoms with Crippen molar-refractivity contribution >= 4 is 23.9 Å². The van der Waals surface area contributed by atoms with Gasteiger partial charge < -0.3 is 25.8 Å². The van der Waals surface area contributed by atoms with E-state index < -0.39 is 42.1 Å². The molecule has 0 bridgehead atoms. The molecule has 3 amide bonds. The summed E-state index contributed by atoms with van der Waals surface area (Å²) in [6.45, 7) is 4.13. The van der Waals surface area contributed by atoms with Gasteiger partial charge in [-0.25, -0.2) is 4.79 Å². The van der Waals surface area contributed by atoms with Gasteiger partial charge in [-0.2, -0.15) is 0 Å². The summed E-state index contributed by atoms with van der Waals surface area (Å²) >= 11 is 0. The summed E-state index contributed by atoms with van der Waals surface area (Å²) in [6.07, 6.45) is -0.586. The Hall–Kier alpha value is -3.10. The minimum Gasteiger partial charge on any atom is -0.480 e. The molecule has 27 heavy (non-hydrogen) atoms. The van der Waals surface area contributed by atoms with E-state index in [0.717, 1.165) is 5.56 Å². The second kappa shape index (κ2) is 10.1. The lowest BCUT2D eigenvalue weighted by molar-refractivity contribution is -0.138. The lowest BCUT2D eigenvalue weighted by Crippen LogP contribution is -2.51. The molecule has 0 aliphatic rings. The van der Waals surface area contributed by atoms with Crippen LogP contribution in [0.2, 0.25) is 0 Å². The normalized spacial score (nSPS) is 11.8. The Balaban J connectivity index is 2.66. The fraction of sp³-hybridized carbons (Fsp3) is 0.444. The summed E-state index contributed by atoms with van der Waals surface area (Å²) in [5.74, 6) is -2.43. The maximum absolute atomic E-state index is 12.2. The number of carbonyl (C=O) groups excluding carboxylic acids is 3. The Morgan fingerprint density at radius 1 is 1.04 bits per heavy atom. The van der Waals surface area contributed by atoms with Crippen LogP contribution >= 0.6 is 0 Å². The molecule has 0 spiro atoms. The van der Waals surface area contributed by atoms with Crippen LogP contribution in [0.15, 0.2) is 30.3 Å². The molecule has 0 aliphatic heterocycles. The molecule has 0 unspecified atom stereocenters. The van der Waals surface area contributed by atoms with Crippen LogP contribution in [0.5, 0.6) is 0 Å². The third kappa shape index (κ3) is 9.83. The van der Waals surface area contributed by atoms with Crippen LogP contribution < -0.4 is 16.0 Å². The quantitative estimate of drug-likeness (QED) is 0.518. The maximum atomic E-state index is 12.2. The first-order valence-corrected chi connectivity index (χ1v) is 8.36. The van der Waals surface area contributed by atoms with Crippen LogP contribution in [0.4, 0.5) is 4.79 Å². The number of carboxylic acid groups (broad SMARTS) is 1. The van der Waals surface area contributed by atoms with E-state index in [2.05, 4.69) is 16.0 Å². The Morgan fingerprint density at radius 2 is 1.67 bits per heavy atom. The molecule has 1 aromatic carbocycles. The molecule has 0 radical (unpaired) electrons. The van der Waals surface area contributed by atoms with Gasteiger partial charge in [0.2, 0.25) is 11.8 Å². The molecule has 0 saturated carbocycles. The maximum Gasteiger partial charge on any atom is 0.408 e.